The highest BCUT2D eigenvalue weighted by Gasteiger charge is 2.21. The number of allylic oxidation sites excluding steroid dienone is 6. The summed E-state index contributed by atoms with van der Waals surface area (Å²) < 4.78 is 3.43. The van der Waals surface area contributed by atoms with Gasteiger partial charge in [-0.1, -0.05) is 25.2 Å². The maximum Gasteiger partial charge on any atom is 0.282 e. The van der Waals surface area contributed by atoms with E-state index in [0.29, 0.717) is 17.9 Å². The standard InChI is InChI=1S/C25H30N6O/c1-5-14-29(24-23(18(3)6-2)19(4)26-17-27-24)16-22-28-30-15-10-13-21(30)25(32)31(22)20-11-8-7-9-12-20/h6,8,10-13,15,17H,5,7,9,14,16H2,1-4H3/b18-6-. The van der Waals surface area contributed by atoms with Gasteiger partial charge in [0.2, 0.25) is 0 Å². The Morgan fingerprint density at radius 3 is 2.84 bits per heavy atom. The molecule has 4 rings (SSSR count). The summed E-state index contributed by atoms with van der Waals surface area (Å²) in [6.07, 6.45) is 14.6. The van der Waals surface area contributed by atoms with Gasteiger partial charge in [0.25, 0.3) is 5.56 Å². The van der Waals surface area contributed by atoms with Crippen molar-refractivity contribution >= 4 is 22.6 Å². The molecule has 0 N–H and O–H groups in total. The van der Waals surface area contributed by atoms with E-state index in [-0.39, 0.29) is 5.56 Å². The van der Waals surface area contributed by atoms with Crippen LogP contribution in [0.1, 0.15) is 57.1 Å². The fourth-order valence-electron chi connectivity index (χ4n) is 4.17. The van der Waals surface area contributed by atoms with E-state index in [1.807, 2.05) is 38.3 Å². The summed E-state index contributed by atoms with van der Waals surface area (Å²) in [4.78, 5) is 24.7. The number of aromatic nitrogens is 5. The Hall–Kier alpha value is -3.48. The maximum atomic E-state index is 13.4. The summed E-state index contributed by atoms with van der Waals surface area (Å²) in [5.74, 6) is 1.56. The molecule has 7 heteroatoms. The van der Waals surface area contributed by atoms with Crippen LogP contribution in [0.25, 0.3) is 16.8 Å². The van der Waals surface area contributed by atoms with Crippen LogP contribution in [0, 0.1) is 6.92 Å². The minimum atomic E-state index is -0.0574. The molecule has 166 valence electrons. The van der Waals surface area contributed by atoms with E-state index in [9.17, 15) is 4.79 Å². The Labute approximate surface area is 188 Å². The van der Waals surface area contributed by atoms with E-state index < -0.39 is 0 Å². The smallest absolute Gasteiger partial charge is 0.282 e. The predicted molar refractivity (Wildman–Crippen MR) is 130 cm³/mol. The molecule has 0 aromatic carbocycles. The van der Waals surface area contributed by atoms with Crippen LogP contribution in [0.5, 0.6) is 0 Å². The lowest BCUT2D eigenvalue weighted by Gasteiger charge is -2.27. The lowest BCUT2D eigenvalue weighted by Crippen LogP contribution is -2.33. The molecule has 0 saturated carbocycles. The van der Waals surface area contributed by atoms with Crippen molar-refractivity contribution in [2.45, 2.75) is 53.5 Å². The van der Waals surface area contributed by atoms with Gasteiger partial charge in [0.1, 0.15) is 17.7 Å². The van der Waals surface area contributed by atoms with Gasteiger partial charge in [-0.2, -0.15) is 5.10 Å². The quantitative estimate of drug-likeness (QED) is 0.547. The van der Waals surface area contributed by atoms with Gasteiger partial charge in [0.05, 0.1) is 12.2 Å². The van der Waals surface area contributed by atoms with Gasteiger partial charge in [-0.3, -0.25) is 9.36 Å². The summed E-state index contributed by atoms with van der Waals surface area (Å²) >= 11 is 0. The van der Waals surface area contributed by atoms with E-state index in [0.717, 1.165) is 54.2 Å². The van der Waals surface area contributed by atoms with E-state index >= 15 is 0 Å². The first kappa shape index (κ1) is 21.7. The lowest BCUT2D eigenvalue weighted by molar-refractivity contribution is 0.668. The predicted octanol–water partition coefficient (Wildman–Crippen LogP) is 4.63. The Kier molecular flexibility index (Phi) is 6.35. The van der Waals surface area contributed by atoms with E-state index in [1.165, 1.54) is 0 Å². The number of nitrogens with zero attached hydrogens (tertiary/aromatic N) is 6. The molecule has 0 amide bonds. The van der Waals surface area contributed by atoms with Crippen molar-refractivity contribution in [2.24, 2.45) is 0 Å². The highest BCUT2D eigenvalue weighted by Crippen LogP contribution is 2.28. The second-order valence-electron chi connectivity index (χ2n) is 8.05. The van der Waals surface area contributed by atoms with Crippen LogP contribution in [0.15, 0.2) is 53.8 Å². The zero-order valence-electron chi connectivity index (χ0n) is 19.2. The van der Waals surface area contributed by atoms with E-state index in [1.54, 1.807) is 15.4 Å². The van der Waals surface area contributed by atoms with Crippen molar-refractivity contribution < 1.29 is 0 Å². The Balaban J connectivity index is 1.88. The van der Waals surface area contributed by atoms with Gasteiger partial charge in [-0.15, -0.1) is 0 Å². The fourth-order valence-corrected chi connectivity index (χ4v) is 4.17. The van der Waals surface area contributed by atoms with Crippen LogP contribution >= 0.6 is 0 Å². The molecule has 0 bridgehead atoms. The number of fused-ring (bicyclic) bond motifs is 1. The molecular formula is C25H30N6O. The number of aryl methyl sites for hydroxylation is 1. The van der Waals surface area contributed by atoms with Crippen molar-refractivity contribution in [3.05, 3.63) is 76.4 Å². The second-order valence-corrected chi connectivity index (χ2v) is 8.05. The zero-order valence-corrected chi connectivity index (χ0v) is 19.2. The number of anilines is 1. The minimum absolute atomic E-state index is 0.0574. The van der Waals surface area contributed by atoms with Crippen LogP contribution in [0.4, 0.5) is 5.82 Å². The zero-order chi connectivity index (χ0) is 22.7. The highest BCUT2D eigenvalue weighted by molar-refractivity contribution is 5.74. The molecule has 3 heterocycles. The largest absolute Gasteiger partial charge is 0.348 e. The number of hydrogen-bond acceptors (Lipinski definition) is 5. The van der Waals surface area contributed by atoms with Gasteiger partial charge in [0, 0.05) is 24.0 Å². The molecule has 0 fully saturated rings. The molecule has 0 radical (unpaired) electrons. The van der Waals surface area contributed by atoms with Crippen molar-refractivity contribution in [3.63, 3.8) is 0 Å². The van der Waals surface area contributed by atoms with Crippen molar-refractivity contribution in [2.75, 3.05) is 11.4 Å². The van der Waals surface area contributed by atoms with E-state index in [2.05, 4.69) is 46.9 Å². The normalized spacial score (nSPS) is 14.1. The third-order valence-electron chi connectivity index (χ3n) is 5.83. The highest BCUT2D eigenvalue weighted by atomic mass is 16.1. The summed E-state index contributed by atoms with van der Waals surface area (Å²) in [5, 5.41) is 4.84. The van der Waals surface area contributed by atoms with Crippen molar-refractivity contribution in [3.8, 4) is 0 Å². The topological polar surface area (TPSA) is 68.3 Å². The van der Waals surface area contributed by atoms with Gasteiger partial charge in [-0.05, 0) is 63.8 Å². The first-order chi connectivity index (χ1) is 15.5. The monoisotopic (exact) mass is 430 g/mol. The minimum Gasteiger partial charge on any atom is -0.348 e. The molecule has 0 aliphatic heterocycles. The summed E-state index contributed by atoms with van der Waals surface area (Å²) in [6.45, 7) is 9.51. The molecule has 1 aliphatic carbocycles. The Bertz CT molecular complexity index is 1280. The second kappa shape index (κ2) is 9.34. The van der Waals surface area contributed by atoms with Gasteiger partial charge >= 0.3 is 0 Å². The molecule has 0 unspecified atom stereocenters. The molecule has 1 aliphatic rings. The molecule has 0 atom stereocenters. The fraction of sp³-hybridized carbons (Fsp3) is 0.360. The molecule has 7 nitrogen and oxygen atoms in total. The van der Waals surface area contributed by atoms with Crippen molar-refractivity contribution in [1.82, 2.24) is 24.1 Å². The first-order valence-electron chi connectivity index (χ1n) is 11.2. The summed E-state index contributed by atoms with van der Waals surface area (Å²) in [6, 6.07) is 3.67. The Morgan fingerprint density at radius 1 is 1.28 bits per heavy atom. The molecule has 32 heavy (non-hydrogen) atoms. The summed E-state index contributed by atoms with van der Waals surface area (Å²) in [7, 11) is 0. The molecule has 3 aromatic heterocycles. The van der Waals surface area contributed by atoms with E-state index in [4.69, 9.17) is 5.10 Å². The average molecular weight is 431 g/mol. The van der Waals surface area contributed by atoms with Gasteiger partial charge in [-0.25, -0.2) is 14.5 Å². The van der Waals surface area contributed by atoms with Crippen LogP contribution in [0.3, 0.4) is 0 Å². The summed E-state index contributed by atoms with van der Waals surface area (Å²) in [5.41, 5.74) is 4.50. The number of hydrogen-bond donors (Lipinski definition) is 0. The molecule has 0 spiro atoms. The van der Waals surface area contributed by atoms with Crippen LogP contribution in [-0.2, 0) is 6.54 Å². The molecular weight excluding hydrogens is 400 g/mol. The van der Waals surface area contributed by atoms with Gasteiger partial charge < -0.3 is 4.90 Å². The van der Waals surface area contributed by atoms with Crippen molar-refractivity contribution in [1.29, 1.82) is 0 Å². The van der Waals surface area contributed by atoms with Crippen LogP contribution in [0.2, 0.25) is 0 Å². The van der Waals surface area contributed by atoms with Crippen LogP contribution in [-0.4, -0.2) is 30.7 Å². The number of rotatable bonds is 7. The molecule has 3 aromatic rings. The SMILES string of the molecule is C/C=C(/C)c1c(C)ncnc1N(CCC)Cc1nn2cccc2c(=O)n1C1=CCCC=C1. The first-order valence-corrected chi connectivity index (χ1v) is 11.2. The average Bonchev–Trinajstić information content (AvgIpc) is 3.28. The molecule has 0 saturated heterocycles. The van der Waals surface area contributed by atoms with Crippen LogP contribution < -0.4 is 10.5 Å². The lowest BCUT2D eigenvalue weighted by atomic mass is 10.1. The third kappa shape index (κ3) is 4.02. The Morgan fingerprint density at radius 2 is 2.12 bits per heavy atom. The van der Waals surface area contributed by atoms with Gasteiger partial charge in [0.15, 0.2) is 5.82 Å². The maximum absolute atomic E-state index is 13.4. The third-order valence-corrected chi connectivity index (χ3v) is 5.83.